The topological polar surface area (TPSA) is 68.1 Å². The van der Waals surface area contributed by atoms with Gasteiger partial charge in [0, 0.05) is 48.5 Å². The number of thiophene rings is 1. The van der Waals surface area contributed by atoms with Crippen molar-refractivity contribution in [3.05, 3.63) is 64.8 Å². The number of aryl methyl sites for hydroxylation is 2. The van der Waals surface area contributed by atoms with Crippen molar-refractivity contribution in [2.24, 2.45) is 0 Å². The highest BCUT2D eigenvalue weighted by atomic mass is 32.1. The first-order chi connectivity index (χ1) is 17.1. The molecule has 4 heterocycles. The number of nitrogens with one attached hydrogen (secondary N) is 1. The minimum atomic E-state index is 0.436. The van der Waals surface area contributed by atoms with E-state index in [1.807, 2.05) is 25.6 Å². The Bertz CT molecular complexity index is 1260. The van der Waals surface area contributed by atoms with E-state index in [4.69, 9.17) is 9.72 Å². The number of piperidine rings is 1. The van der Waals surface area contributed by atoms with Gasteiger partial charge in [-0.2, -0.15) is 0 Å². The molecule has 5 rings (SSSR count). The van der Waals surface area contributed by atoms with E-state index in [0.29, 0.717) is 6.04 Å². The fraction of sp³-hybridized carbons (Fsp3) is 0.444. The van der Waals surface area contributed by atoms with Gasteiger partial charge < -0.3 is 14.6 Å². The summed E-state index contributed by atoms with van der Waals surface area (Å²) in [6.07, 6.45) is 8.89. The van der Waals surface area contributed by atoms with Crippen LogP contribution in [0.15, 0.2) is 43.0 Å². The highest BCUT2D eigenvalue weighted by Gasteiger charge is 2.21. The monoisotopic (exact) mass is 490 g/mol. The SMILES string of the molecule is CCCOc1ccc(CN2CCC(Nc3nc(C)nc4sc(C)cc34)CC2)cc1Cn1ccnc1. The van der Waals surface area contributed by atoms with Crippen molar-refractivity contribution in [3.63, 3.8) is 0 Å². The molecule has 0 unspecified atom stereocenters. The van der Waals surface area contributed by atoms with E-state index in [1.54, 1.807) is 11.3 Å². The molecule has 35 heavy (non-hydrogen) atoms. The van der Waals surface area contributed by atoms with Crippen molar-refractivity contribution in [2.45, 2.75) is 59.2 Å². The van der Waals surface area contributed by atoms with Crippen LogP contribution in [0.3, 0.4) is 0 Å². The molecule has 1 N–H and O–H groups in total. The van der Waals surface area contributed by atoms with Gasteiger partial charge in [0.05, 0.1) is 24.9 Å². The van der Waals surface area contributed by atoms with Gasteiger partial charge in [-0.1, -0.05) is 13.0 Å². The Kier molecular flexibility index (Phi) is 7.29. The maximum Gasteiger partial charge on any atom is 0.138 e. The minimum absolute atomic E-state index is 0.436. The third kappa shape index (κ3) is 5.82. The Morgan fingerprint density at radius 3 is 2.74 bits per heavy atom. The fourth-order valence-electron chi connectivity index (χ4n) is 4.73. The quantitative estimate of drug-likeness (QED) is 0.338. The molecule has 1 aliphatic heterocycles. The van der Waals surface area contributed by atoms with Gasteiger partial charge in [0.2, 0.25) is 0 Å². The second-order valence-corrected chi connectivity index (χ2v) is 10.7. The number of aromatic nitrogens is 4. The van der Waals surface area contributed by atoms with Crippen LogP contribution in [0.5, 0.6) is 5.75 Å². The van der Waals surface area contributed by atoms with Gasteiger partial charge in [-0.3, -0.25) is 4.90 Å². The van der Waals surface area contributed by atoms with E-state index in [9.17, 15) is 0 Å². The van der Waals surface area contributed by atoms with Crippen LogP contribution in [-0.2, 0) is 13.1 Å². The van der Waals surface area contributed by atoms with Crippen LogP contribution >= 0.6 is 11.3 Å². The van der Waals surface area contributed by atoms with E-state index < -0.39 is 0 Å². The fourth-order valence-corrected chi connectivity index (χ4v) is 5.66. The zero-order valence-corrected chi connectivity index (χ0v) is 21.6. The number of likely N-dealkylation sites (tertiary alicyclic amines) is 1. The van der Waals surface area contributed by atoms with Gasteiger partial charge in [0.1, 0.15) is 22.2 Å². The molecule has 184 valence electrons. The van der Waals surface area contributed by atoms with Gasteiger partial charge in [-0.25, -0.2) is 15.0 Å². The van der Waals surface area contributed by atoms with Gasteiger partial charge >= 0.3 is 0 Å². The van der Waals surface area contributed by atoms with E-state index in [-0.39, 0.29) is 0 Å². The number of rotatable bonds is 9. The summed E-state index contributed by atoms with van der Waals surface area (Å²) in [6.45, 7) is 10.8. The van der Waals surface area contributed by atoms with Crippen LogP contribution in [0.25, 0.3) is 10.2 Å². The number of fused-ring (bicyclic) bond motifs is 1. The van der Waals surface area contributed by atoms with Crippen LogP contribution in [0.1, 0.15) is 48.0 Å². The average Bonchev–Trinajstić information content (AvgIpc) is 3.49. The molecule has 0 radical (unpaired) electrons. The van der Waals surface area contributed by atoms with Gasteiger partial charge in [0.15, 0.2) is 0 Å². The summed E-state index contributed by atoms with van der Waals surface area (Å²) in [7, 11) is 0. The number of anilines is 1. The average molecular weight is 491 g/mol. The predicted octanol–water partition coefficient (Wildman–Crippen LogP) is 5.42. The zero-order chi connectivity index (χ0) is 24.2. The van der Waals surface area contributed by atoms with Crippen molar-refractivity contribution in [2.75, 3.05) is 25.0 Å². The van der Waals surface area contributed by atoms with Gasteiger partial charge in [-0.15, -0.1) is 11.3 Å². The van der Waals surface area contributed by atoms with E-state index in [0.717, 1.165) is 79.7 Å². The number of nitrogens with zero attached hydrogens (tertiary/aromatic N) is 5. The van der Waals surface area contributed by atoms with Crippen LogP contribution in [-0.4, -0.2) is 50.2 Å². The van der Waals surface area contributed by atoms with Gasteiger partial charge in [0.25, 0.3) is 0 Å². The third-order valence-electron chi connectivity index (χ3n) is 6.46. The molecule has 8 heteroatoms. The Morgan fingerprint density at radius 1 is 1.11 bits per heavy atom. The third-order valence-corrected chi connectivity index (χ3v) is 7.41. The highest BCUT2D eigenvalue weighted by Crippen LogP contribution is 2.30. The molecule has 0 spiro atoms. The van der Waals surface area contributed by atoms with E-state index in [1.165, 1.54) is 16.0 Å². The molecule has 0 aliphatic carbocycles. The first-order valence-corrected chi connectivity index (χ1v) is 13.3. The molecule has 1 fully saturated rings. The molecular weight excluding hydrogens is 456 g/mol. The maximum absolute atomic E-state index is 6.03. The summed E-state index contributed by atoms with van der Waals surface area (Å²) in [5, 5.41) is 4.88. The Labute approximate surface area is 211 Å². The van der Waals surface area contributed by atoms with Crippen molar-refractivity contribution in [1.82, 2.24) is 24.4 Å². The number of ether oxygens (including phenoxy) is 1. The normalized spacial score (nSPS) is 15.1. The largest absolute Gasteiger partial charge is 0.493 e. The van der Waals surface area contributed by atoms with Crippen molar-refractivity contribution < 1.29 is 4.74 Å². The molecule has 1 aliphatic rings. The van der Waals surface area contributed by atoms with Crippen LogP contribution in [0, 0.1) is 13.8 Å². The van der Waals surface area contributed by atoms with Crippen molar-refractivity contribution >= 4 is 27.4 Å². The molecule has 1 aromatic carbocycles. The summed E-state index contributed by atoms with van der Waals surface area (Å²) >= 11 is 1.74. The van der Waals surface area contributed by atoms with Crippen molar-refractivity contribution in [1.29, 1.82) is 0 Å². The zero-order valence-electron chi connectivity index (χ0n) is 20.8. The molecule has 0 amide bonds. The predicted molar refractivity (Wildman–Crippen MR) is 142 cm³/mol. The van der Waals surface area contributed by atoms with Crippen LogP contribution < -0.4 is 10.1 Å². The van der Waals surface area contributed by atoms with Crippen LogP contribution in [0.2, 0.25) is 0 Å². The standard InChI is InChI=1S/C27H34N6OS/c1-4-13-34-25-6-5-21(15-22(25)17-33-12-9-28-18-33)16-32-10-7-23(8-11-32)31-26-24-14-19(2)35-27(24)30-20(3)29-26/h5-6,9,12,14-15,18,23H,4,7-8,10-11,13,16-17H2,1-3H3,(H,29,30,31). The molecular formula is C27H34N6OS. The van der Waals surface area contributed by atoms with E-state index >= 15 is 0 Å². The number of benzene rings is 1. The lowest BCUT2D eigenvalue weighted by molar-refractivity contribution is 0.211. The lowest BCUT2D eigenvalue weighted by Crippen LogP contribution is -2.38. The molecule has 4 aromatic rings. The minimum Gasteiger partial charge on any atom is -0.493 e. The number of hydrogen-bond donors (Lipinski definition) is 1. The van der Waals surface area contributed by atoms with Gasteiger partial charge in [-0.05, 0) is 56.9 Å². The molecule has 3 aromatic heterocycles. The maximum atomic E-state index is 6.03. The molecule has 1 saturated heterocycles. The highest BCUT2D eigenvalue weighted by molar-refractivity contribution is 7.18. The number of hydrogen-bond acceptors (Lipinski definition) is 7. The summed E-state index contributed by atoms with van der Waals surface area (Å²) < 4.78 is 8.12. The molecule has 0 atom stereocenters. The molecule has 7 nitrogen and oxygen atoms in total. The smallest absolute Gasteiger partial charge is 0.138 e. The number of imidazole rings is 1. The Hall–Kier alpha value is -2.97. The first-order valence-electron chi connectivity index (χ1n) is 12.5. The van der Waals surface area contributed by atoms with Crippen LogP contribution in [0.4, 0.5) is 5.82 Å². The second kappa shape index (κ2) is 10.7. The lowest BCUT2D eigenvalue weighted by atomic mass is 10.0. The summed E-state index contributed by atoms with van der Waals surface area (Å²) in [6, 6.07) is 9.29. The Balaban J connectivity index is 1.22. The Morgan fingerprint density at radius 2 is 1.97 bits per heavy atom. The second-order valence-electron chi connectivity index (χ2n) is 9.42. The summed E-state index contributed by atoms with van der Waals surface area (Å²) in [4.78, 5) is 18.4. The first kappa shape index (κ1) is 23.8. The summed E-state index contributed by atoms with van der Waals surface area (Å²) in [5.41, 5.74) is 2.54. The van der Waals surface area contributed by atoms with Crippen molar-refractivity contribution in [3.8, 4) is 5.75 Å². The summed E-state index contributed by atoms with van der Waals surface area (Å²) in [5.74, 6) is 2.79. The lowest BCUT2D eigenvalue weighted by Gasteiger charge is -2.33. The molecule has 0 saturated carbocycles. The molecule has 0 bridgehead atoms. The van der Waals surface area contributed by atoms with E-state index in [2.05, 4.69) is 62.9 Å².